The van der Waals surface area contributed by atoms with Crippen molar-refractivity contribution in [2.75, 3.05) is 16.6 Å². The van der Waals surface area contributed by atoms with Gasteiger partial charge in [0, 0.05) is 16.6 Å². The molecule has 3 aromatic rings. The number of hydrogen-bond acceptors (Lipinski definition) is 4. The van der Waals surface area contributed by atoms with E-state index < -0.39 is 10.0 Å². The first-order chi connectivity index (χ1) is 16.4. The Labute approximate surface area is 205 Å². The molecule has 1 aliphatic heterocycles. The van der Waals surface area contributed by atoms with Crippen LogP contribution in [0.25, 0.3) is 0 Å². The second kappa shape index (κ2) is 9.01. The predicted molar refractivity (Wildman–Crippen MR) is 137 cm³/mol. The average Bonchev–Trinajstić information content (AvgIpc) is 3.32. The van der Waals surface area contributed by atoms with E-state index in [1.54, 1.807) is 37.3 Å². The fraction of sp³-hybridized carbons (Fsp3) is 0.259. The van der Waals surface area contributed by atoms with Crippen molar-refractivity contribution in [3.05, 3.63) is 94.5 Å². The van der Waals surface area contributed by atoms with E-state index in [0.717, 1.165) is 23.4 Å². The smallest absolute Gasteiger partial charge is 0.261 e. The van der Waals surface area contributed by atoms with Crippen LogP contribution in [0.5, 0.6) is 5.75 Å². The summed E-state index contributed by atoms with van der Waals surface area (Å²) in [6.45, 7) is 4.41. The molecule has 3 atom stereocenters. The molecule has 0 bridgehead atoms. The van der Waals surface area contributed by atoms with Crippen molar-refractivity contribution in [1.82, 2.24) is 0 Å². The zero-order valence-corrected chi connectivity index (χ0v) is 20.7. The normalized spacial score (nSPS) is 20.9. The summed E-state index contributed by atoms with van der Waals surface area (Å²) < 4.78 is 34.7. The summed E-state index contributed by atoms with van der Waals surface area (Å²) in [5.74, 6) is 1.32. The van der Waals surface area contributed by atoms with Crippen molar-refractivity contribution in [2.24, 2.45) is 5.92 Å². The monoisotopic (exact) mass is 494 g/mol. The number of sulfonamides is 1. The molecular formula is C27H27ClN2O3S. The zero-order chi connectivity index (χ0) is 23.9. The lowest BCUT2D eigenvalue weighted by Gasteiger charge is -2.37. The highest BCUT2D eigenvalue weighted by Gasteiger charge is 2.38. The van der Waals surface area contributed by atoms with E-state index in [2.05, 4.69) is 34.3 Å². The molecule has 7 heteroatoms. The summed E-state index contributed by atoms with van der Waals surface area (Å²) >= 11 is 6.18. The molecule has 2 aliphatic rings. The minimum atomic E-state index is -3.77. The van der Waals surface area contributed by atoms with Gasteiger partial charge in [0.25, 0.3) is 10.0 Å². The van der Waals surface area contributed by atoms with Gasteiger partial charge in [-0.05, 0) is 85.3 Å². The van der Waals surface area contributed by atoms with Crippen molar-refractivity contribution >= 4 is 33.0 Å². The van der Waals surface area contributed by atoms with E-state index in [4.69, 9.17) is 16.3 Å². The molecular weight excluding hydrogens is 468 g/mol. The summed E-state index contributed by atoms with van der Waals surface area (Å²) in [5.41, 5.74) is 4.35. The van der Waals surface area contributed by atoms with Crippen molar-refractivity contribution in [1.29, 1.82) is 0 Å². The molecule has 0 radical (unpaired) electrons. The molecule has 0 fully saturated rings. The number of rotatable bonds is 6. The summed E-state index contributed by atoms with van der Waals surface area (Å²) in [4.78, 5) is 0.242. The molecule has 34 heavy (non-hydrogen) atoms. The van der Waals surface area contributed by atoms with Gasteiger partial charge in [0.15, 0.2) is 0 Å². The Hall–Kier alpha value is -2.96. The molecule has 0 aromatic heterocycles. The van der Waals surface area contributed by atoms with Crippen LogP contribution in [0.3, 0.4) is 0 Å². The van der Waals surface area contributed by atoms with Crippen molar-refractivity contribution in [2.45, 2.75) is 37.1 Å². The van der Waals surface area contributed by atoms with Crippen LogP contribution in [0, 0.1) is 12.8 Å². The molecule has 0 unspecified atom stereocenters. The van der Waals surface area contributed by atoms with Crippen molar-refractivity contribution < 1.29 is 13.2 Å². The van der Waals surface area contributed by atoms with Gasteiger partial charge in [-0.1, -0.05) is 42.0 Å². The number of fused-ring (bicyclic) bond motifs is 3. The number of hydrogen-bond donors (Lipinski definition) is 2. The SMILES string of the molecule is CCOc1ccc([C@H]2Nc3ccc(S(=O)(=O)Nc4cccc(Cl)c4C)cc3[C@H]3C=CC[C@H]32)cc1. The van der Waals surface area contributed by atoms with Gasteiger partial charge >= 0.3 is 0 Å². The summed E-state index contributed by atoms with van der Waals surface area (Å²) in [6, 6.07) is 18.9. The van der Waals surface area contributed by atoms with Crippen LogP contribution >= 0.6 is 11.6 Å². The lowest BCUT2D eigenvalue weighted by atomic mass is 9.77. The summed E-state index contributed by atoms with van der Waals surface area (Å²) in [7, 11) is -3.77. The van der Waals surface area contributed by atoms with Gasteiger partial charge < -0.3 is 10.1 Å². The number of halogens is 1. The third-order valence-corrected chi connectivity index (χ3v) is 8.48. The fourth-order valence-electron chi connectivity index (χ4n) is 4.93. The zero-order valence-electron chi connectivity index (χ0n) is 19.1. The van der Waals surface area contributed by atoms with E-state index in [-0.39, 0.29) is 16.9 Å². The van der Waals surface area contributed by atoms with Gasteiger partial charge in [-0.2, -0.15) is 0 Å². The van der Waals surface area contributed by atoms with Crippen LogP contribution in [0.15, 0.2) is 77.7 Å². The topological polar surface area (TPSA) is 67.4 Å². The van der Waals surface area contributed by atoms with Gasteiger partial charge in [-0.25, -0.2) is 8.42 Å². The Morgan fingerprint density at radius 3 is 2.68 bits per heavy atom. The van der Waals surface area contributed by atoms with Gasteiger partial charge in [-0.3, -0.25) is 4.72 Å². The molecule has 2 N–H and O–H groups in total. The standard InChI is InChI=1S/C27H27ClN2O3S/c1-3-33-19-12-10-18(11-13-19)27-22-7-4-6-21(22)23-16-20(14-15-26(23)29-27)34(31,32)30-25-9-5-8-24(28)17(25)2/h4-6,8-16,21-22,27,29-30H,3,7H2,1-2H3/t21-,22+,27+/m0/s1. The minimum Gasteiger partial charge on any atom is -0.494 e. The first-order valence-corrected chi connectivity index (χ1v) is 13.3. The van der Waals surface area contributed by atoms with Gasteiger partial charge in [0.2, 0.25) is 0 Å². The highest BCUT2D eigenvalue weighted by atomic mass is 35.5. The van der Waals surface area contributed by atoms with Gasteiger partial charge in [0.1, 0.15) is 5.75 Å². The molecule has 0 amide bonds. The van der Waals surface area contributed by atoms with Crippen LogP contribution < -0.4 is 14.8 Å². The van der Waals surface area contributed by atoms with Crippen LogP contribution in [0.2, 0.25) is 5.02 Å². The Morgan fingerprint density at radius 1 is 1.12 bits per heavy atom. The maximum Gasteiger partial charge on any atom is 0.261 e. The molecule has 5 rings (SSSR count). The van der Waals surface area contributed by atoms with Crippen LogP contribution in [-0.4, -0.2) is 15.0 Å². The lowest BCUT2D eigenvalue weighted by Crippen LogP contribution is -2.29. The molecule has 0 saturated heterocycles. The molecule has 0 saturated carbocycles. The summed E-state index contributed by atoms with van der Waals surface area (Å²) in [5, 5.41) is 4.19. The van der Waals surface area contributed by atoms with E-state index >= 15 is 0 Å². The maximum absolute atomic E-state index is 13.2. The average molecular weight is 495 g/mol. The third kappa shape index (κ3) is 4.17. The second-order valence-electron chi connectivity index (χ2n) is 8.74. The molecule has 0 spiro atoms. The molecule has 1 heterocycles. The van der Waals surface area contributed by atoms with Crippen LogP contribution in [0.4, 0.5) is 11.4 Å². The highest BCUT2D eigenvalue weighted by Crippen LogP contribution is 2.50. The lowest BCUT2D eigenvalue weighted by molar-refractivity contribution is 0.340. The van der Waals surface area contributed by atoms with Gasteiger partial charge in [-0.15, -0.1) is 0 Å². The highest BCUT2D eigenvalue weighted by molar-refractivity contribution is 7.92. The number of nitrogens with one attached hydrogen (secondary N) is 2. The number of allylic oxidation sites excluding steroid dienone is 2. The quantitative estimate of drug-likeness (QED) is 0.375. The summed E-state index contributed by atoms with van der Waals surface area (Å²) in [6.07, 6.45) is 5.34. The maximum atomic E-state index is 13.2. The Bertz CT molecular complexity index is 1350. The van der Waals surface area contributed by atoms with E-state index in [1.807, 2.05) is 25.1 Å². The van der Waals surface area contributed by atoms with E-state index in [1.165, 1.54) is 5.56 Å². The second-order valence-corrected chi connectivity index (χ2v) is 10.8. The molecule has 176 valence electrons. The van der Waals surface area contributed by atoms with E-state index in [0.29, 0.717) is 28.8 Å². The number of anilines is 2. The number of benzene rings is 3. The molecule has 5 nitrogen and oxygen atoms in total. The Morgan fingerprint density at radius 2 is 1.91 bits per heavy atom. The van der Waals surface area contributed by atoms with Crippen LogP contribution in [-0.2, 0) is 10.0 Å². The van der Waals surface area contributed by atoms with Gasteiger partial charge in [0.05, 0.1) is 23.2 Å². The largest absolute Gasteiger partial charge is 0.494 e. The van der Waals surface area contributed by atoms with Crippen LogP contribution in [0.1, 0.15) is 42.0 Å². The minimum absolute atomic E-state index is 0.137. The number of ether oxygens (including phenoxy) is 1. The fourth-order valence-corrected chi connectivity index (χ4v) is 6.26. The predicted octanol–water partition coefficient (Wildman–Crippen LogP) is 6.67. The Kier molecular flexibility index (Phi) is 6.04. The third-order valence-electron chi connectivity index (χ3n) is 6.71. The van der Waals surface area contributed by atoms with Crippen molar-refractivity contribution in [3.63, 3.8) is 0 Å². The molecule has 1 aliphatic carbocycles. The van der Waals surface area contributed by atoms with Crippen molar-refractivity contribution in [3.8, 4) is 5.75 Å². The first kappa shape index (κ1) is 22.8. The Balaban J connectivity index is 1.46. The van der Waals surface area contributed by atoms with E-state index in [9.17, 15) is 8.42 Å². The first-order valence-electron chi connectivity index (χ1n) is 11.4. The molecule has 3 aromatic carbocycles.